The van der Waals surface area contributed by atoms with Crippen LogP contribution in [0.5, 0.6) is 0 Å². The minimum atomic E-state index is -0.711. The Morgan fingerprint density at radius 3 is 1.29 bits per heavy atom. The van der Waals surface area contributed by atoms with Crippen molar-refractivity contribution in [2.75, 3.05) is 0 Å². The molecule has 0 saturated carbocycles. The van der Waals surface area contributed by atoms with Gasteiger partial charge in [-0.1, -0.05) is 218 Å². The quantitative estimate of drug-likeness (QED) is 0.148. The number of furan rings is 1. The smallest absolute Gasteiger partial charge is 0.140 e. The van der Waals surface area contributed by atoms with Gasteiger partial charge < -0.3 is 4.42 Å². The Hall–Kier alpha value is -7.22. The van der Waals surface area contributed by atoms with Crippen molar-refractivity contribution >= 4 is 21.9 Å². The molecule has 1 aliphatic carbocycles. The van der Waals surface area contributed by atoms with Gasteiger partial charge in [0.1, 0.15) is 11.2 Å². The summed E-state index contributed by atoms with van der Waals surface area (Å²) in [5.74, 6) is -0.0650. The molecular formula is C57H40O. The highest BCUT2D eigenvalue weighted by Gasteiger charge is 2.47. The van der Waals surface area contributed by atoms with E-state index in [1.807, 2.05) is 0 Å². The van der Waals surface area contributed by atoms with Crippen LogP contribution in [0, 0.1) is 0 Å². The number of rotatable bonds is 7. The number of fused-ring (bicyclic) bond motifs is 5. The first kappa shape index (κ1) is 34.1. The van der Waals surface area contributed by atoms with E-state index in [0.717, 1.165) is 27.5 Å². The van der Waals surface area contributed by atoms with E-state index in [1.165, 1.54) is 55.6 Å². The minimum absolute atomic E-state index is 0.0650. The lowest BCUT2D eigenvalue weighted by Gasteiger charge is -2.45. The second kappa shape index (κ2) is 13.8. The van der Waals surface area contributed by atoms with Crippen molar-refractivity contribution in [3.05, 3.63) is 298 Å². The lowest BCUT2D eigenvalue weighted by Crippen LogP contribution is -2.37. The molecule has 0 bridgehead atoms. The van der Waals surface area contributed by atoms with Crippen LogP contribution < -0.4 is 0 Å². The highest BCUT2D eigenvalue weighted by molar-refractivity contribution is 6.07. The average Bonchev–Trinajstić information content (AvgIpc) is 3.69. The number of hydrogen-bond acceptors (Lipinski definition) is 1. The molecule has 0 amide bonds. The van der Waals surface area contributed by atoms with Crippen molar-refractivity contribution in [1.82, 2.24) is 0 Å². The fourth-order valence-electron chi connectivity index (χ4n) is 10.3. The molecule has 1 aliphatic rings. The van der Waals surface area contributed by atoms with Crippen molar-refractivity contribution in [2.45, 2.75) is 16.7 Å². The summed E-state index contributed by atoms with van der Waals surface area (Å²) in [6.07, 6.45) is 0. The molecule has 0 fully saturated rings. The van der Waals surface area contributed by atoms with Crippen molar-refractivity contribution in [3.8, 4) is 0 Å². The SMILES string of the molecule is c1ccc(C2(c3ccccc3)c3ccccc3C(c3cc(C(c4ccccc4)(c4ccccc4)c4ccccc4)c4oc5ccccc5c4c3)c3ccccc32)cc1. The number of hydrogen-bond donors (Lipinski definition) is 0. The standard InChI is InChI=1S/C57H40O/c1-6-22-41(23-7-1)56(42-24-8-2-9-25-42,43-26-10-3-11-27-43)52-39-40(38-49-46-32-18-21-37-53(46)58-55(49)52)54-47-33-16-19-35-50(47)57(44-28-12-4-13-29-44,45-30-14-5-15-31-45)51-36-20-17-34-48(51)54/h1-39,54H. The molecule has 9 aromatic carbocycles. The van der Waals surface area contributed by atoms with Crippen molar-refractivity contribution < 1.29 is 4.42 Å². The van der Waals surface area contributed by atoms with Crippen molar-refractivity contribution in [3.63, 3.8) is 0 Å². The van der Waals surface area contributed by atoms with E-state index < -0.39 is 10.8 Å². The fourth-order valence-corrected chi connectivity index (χ4v) is 10.3. The van der Waals surface area contributed by atoms with Gasteiger partial charge in [-0.15, -0.1) is 0 Å². The van der Waals surface area contributed by atoms with E-state index in [4.69, 9.17) is 4.42 Å². The summed E-state index contributed by atoms with van der Waals surface area (Å²) >= 11 is 0. The maximum absolute atomic E-state index is 7.08. The van der Waals surface area contributed by atoms with E-state index in [9.17, 15) is 0 Å². The van der Waals surface area contributed by atoms with Gasteiger partial charge in [-0.2, -0.15) is 0 Å². The topological polar surface area (TPSA) is 13.1 Å². The summed E-state index contributed by atoms with van der Waals surface area (Å²) in [5.41, 5.74) is 14.2. The number of para-hydroxylation sites is 1. The van der Waals surface area contributed by atoms with E-state index in [1.54, 1.807) is 0 Å². The first-order valence-corrected chi connectivity index (χ1v) is 20.2. The van der Waals surface area contributed by atoms with Gasteiger partial charge in [-0.3, -0.25) is 0 Å². The van der Waals surface area contributed by atoms with Crippen LogP contribution >= 0.6 is 0 Å². The van der Waals surface area contributed by atoms with Gasteiger partial charge in [0.25, 0.3) is 0 Å². The summed E-state index contributed by atoms with van der Waals surface area (Å²) in [6.45, 7) is 0. The number of benzene rings is 9. The van der Waals surface area contributed by atoms with Gasteiger partial charge in [-0.05, 0) is 73.8 Å². The zero-order valence-corrected chi connectivity index (χ0v) is 32.0. The second-order valence-corrected chi connectivity index (χ2v) is 15.5. The van der Waals surface area contributed by atoms with E-state index in [2.05, 4.69) is 237 Å². The van der Waals surface area contributed by atoms with Gasteiger partial charge in [0.2, 0.25) is 0 Å². The Labute approximate surface area is 339 Å². The van der Waals surface area contributed by atoms with Crippen LogP contribution in [0.3, 0.4) is 0 Å². The normalized spacial score (nSPS) is 13.6. The monoisotopic (exact) mass is 740 g/mol. The van der Waals surface area contributed by atoms with Crippen molar-refractivity contribution in [2.24, 2.45) is 0 Å². The molecule has 0 radical (unpaired) electrons. The van der Waals surface area contributed by atoms with Crippen LogP contribution in [0.15, 0.2) is 241 Å². The molecule has 1 heteroatoms. The molecule has 0 N–H and O–H groups in total. The molecule has 0 unspecified atom stereocenters. The maximum atomic E-state index is 7.08. The molecule has 11 rings (SSSR count). The second-order valence-electron chi connectivity index (χ2n) is 15.5. The summed E-state index contributed by atoms with van der Waals surface area (Å²) in [7, 11) is 0. The predicted octanol–water partition coefficient (Wildman–Crippen LogP) is 13.8. The van der Waals surface area contributed by atoms with Gasteiger partial charge in [0, 0.05) is 22.3 Å². The first-order chi connectivity index (χ1) is 28.8. The van der Waals surface area contributed by atoms with Gasteiger partial charge >= 0.3 is 0 Å². The third-order valence-electron chi connectivity index (χ3n) is 12.6. The lowest BCUT2D eigenvalue weighted by atomic mass is 9.56. The van der Waals surface area contributed by atoms with Crippen LogP contribution in [0.1, 0.15) is 67.1 Å². The molecule has 58 heavy (non-hydrogen) atoms. The molecule has 1 aromatic heterocycles. The molecule has 1 nitrogen and oxygen atoms in total. The van der Waals surface area contributed by atoms with Gasteiger partial charge in [0.15, 0.2) is 0 Å². The molecule has 0 spiro atoms. The third-order valence-corrected chi connectivity index (χ3v) is 12.6. The Morgan fingerprint density at radius 1 is 0.379 bits per heavy atom. The average molecular weight is 741 g/mol. The molecule has 0 saturated heterocycles. The predicted molar refractivity (Wildman–Crippen MR) is 238 cm³/mol. The Kier molecular flexibility index (Phi) is 8.08. The fraction of sp³-hybridized carbons (Fsp3) is 0.0526. The van der Waals surface area contributed by atoms with Gasteiger partial charge in [-0.25, -0.2) is 0 Å². The Bertz CT molecular complexity index is 2850. The van der Waals surface area contributed by atoms with Crippen molar-refractivity contribution in [1.29, 1.82) is 0 Å². The van der Waals surface area contributed by atoms with Crippen LogP contribution in [0.25, 0.3) is 21.9 Å². The Balaban J connectivity index is 1.29. The zero-order chi connectivity index (χ0) is 38.5. The Morgan fingerprint density at radius 2 is 0.793 bits per heavy atom. The van der Waals surface area contributed by atoms with Gasteiger partial charge in [0.05, 0.1) is 10.8 Å². The molecule has 0 atom stereocenters. The van der Waals surface area contributed by atoms with E-state index in [-0.39, 0.29) is 5.92 Å². The minimum Gasteiger partial charge on any atom is -0.456 e. The molecule has 274 valence electrons. The first-order valence-electron chi connectivity index (χ1n) is 20.2. The van der Waals surface area contributed by atoms with Crippen LogP contribution in [0.2, 0.25) is 0 Å². The highest BCUT2D eigenvalue weighted by atomic mass is 16.3. The third kappa shape index (κ3) is 4.96. The molecular weight excluding hydrogens is 701 g/mol. The van der Waals surface area contributed by atoms with Crippen LogP contribution in [0.4, 0.5) is 0 Å². The lowest BCUT2D eigenvalue weighted by molar-refractivity contribution is 0.643. The largest absolute Gasteiger partial charge is 0.456 e. The zero-order valence-electron chi connectivity index (χ0n) is 32.0. The van der Waals surface area contributed by atoms with E-state index >= 15 is 0 Å². The summed E-state index contributed by atoms with van der Waals surface area (Å²) in [6, 6.07) is 86.9. The van der Waals surface area contributed by atoms with Crippen LogP contribution in [-0.4, -0.2) is 0 Å². The molecule has 1 heterocycles. The molecule has 0 aliphatic heterocycles. The molecule has 10 aromatic rings. The summed E-state index contributed by atoms with van der Waals surface area (Å²) in [5, 5.41) is 2.23. The van der Waals surface area contributed by atoms with Crippen LogP contribution in [-0.2, 0) is 10.8 Å². The summed E-state index contributed by atoms with van der Waals surface area (Å²) < 4.78 is 7.08. The van der Waals surface area contributed by atoms with E-state index in [0.29, 0.717) is 0 Å². The highest BCUT2D eigenvalue weighted by Crippen LogP contribution is 2.57. The summed E-state index contributed by atoms with van der Waals surface area (Å²) in [4.78, 5) is 0. The maximum Gasteiger partial charge on any atom is 0.140 e.